The number of hydrogen-bond acceptors (Lipinski definition) is 3. The van der Waals surface area contributed by atoms with Crippen molar-refractivity contribution in [2.24, 2.45) is 0 Å². The third kappa shape index (κ3) is 5.38. The number of methoxy groups -OCH3 is 1. The number of esters is 1. The van der Waals surface area contributed by atoms with Crippen LogP contribution in [0.25, 0.3) is 0 Å². The van der Waals surface area contributed by atoms with Crippen molar-refractivity contribution in [2.75, 3.05) is 7.11 Å². The molecule has 1 saturated heterocycles. The molecule has 0 saturated carbocycles. The van der Waals surface area contributed by atoms with Crippen LogP contribution < -0.4 is 0 Å². The molecule has 4 heteroatoms. The van der Waals surface area contributed by atoms with Crippen molar-refractivity contribution in [3.63, 3.8) is 0 Å². The largest absolute Gasteiger partial charge is 0.466 e. The summed E-state index contributed by atoms with van der Waals surface area (Å²) in [5, 5.41) is 0. The average molecular weight is 352 g/mol. The van der Waals surface area contributed by atoms with Crippen molar-refractivity contribution < 1.29 is 14.3 Å². The quantitative estimate of drug-likeness (QED) is 0.319. The zero-order valence-corrected chi connectivity index (χ0v) is 12.7. The molecule has 0 bridgehead atoms. The summed E-state index contributed by atoms with van der Waals surface area (Å²) in [7, 11) is 1.39. The highest BCUT2D eigenvalue weighted by molar-refractivity contribution is 14.1. The molecule has 0 aromatic rings. The van der Waals surface area contributed by atoms with Crippen molar-refractivity contribution in [3.8, 4) is 0 Å². The maximum absolute atomic E-state index is 10.9. The second-order valence-electron chi connectivity index (χ2n) is 4.35. The van der Waals surface area contributed by atoms with Crippen molar-refractivity contribution >= 4 is 28.6 Å². The molecule has 1 rings (SSSR count). The van der Waals surface area contributed by atoms with Gasteiger partial charge in [0, 0.05) is 10.0 Å². The molecular weight excluding hydrogens is 331 g/mol. The van der Waals surface area contributed by atoms with Crippen LogP contribution in [-0.4, -0.2) is 29.2 Å². The summed E-state index contributed by atoms with van der Waals surface area (Å²) in [5.41, 5.74) is 0. The van der Waals surface area contributed by atoms with Gasteiger partial charge >= 0.3 is 5.97 Å². The van der Waals surface area contributed by atoms with Gasteiger partial charge < -0.3 is 9.47 Å². The van der Waals surface area contributed by atoms with Crippen LogP contribution in [0.5, 0.6) is 0 Å². The van der Waals surface area contributed by atoms with Gasteiger partial charge in [-0.2, -0.15) is 0 Å². The topological polar surface area (TPSA) is 35.5 Å². The monoisotopic (exact) mass is 352 g/mol. The van der Waals surface area contributed by atoms with Gasteiger partial charge in [-0.1, -0.05) is 48.4 Å². The molecule has 3 nitrogen and oxygen atoms in total. The second-order valence-corrected chi connectivity index (χ2v) is 5.95. The fourth-order valence-electron chi connectivity index (χ4n) is 1.98. The SMILES string of the molecule is CCCC[C@@H]1O[C@@H](C/C=C/C(=O)OC)C[C@H]1I. The molecule has 17 heavy (non-hydrogen) atoms. The Bertz CT molecular complexity index is 265. The molecule has 0 aromatic heterocycles. The Labute approximate surface area is 117 Å². The van der Waals surface area contributed by atoms with Crippen LogP contribution >= 0.6 is 22.6 Å². The minimum Gasteiger partial charge on any atom is -0.466 e. The lowest BCUT2D eigenvalue weighted by molar-refractivity contribution is -0.134. The number of hydrogen-bond donors (Lipinski definition) is 0. The normalized spacial score (nSPS) is 28.8. The molecule has 3 atom stereocenters. The molecule has 98 valence electrons. The molecule has 0 unspecified atom stereocenters. The lowest BCUT2D eigenvalue weighted by atomic mass is 10.1. The van der Waals surface area contributed by atoms with Crippen LogP contribution in [-0.2, 0) is 14.3 Å². The highest BCUT2D eigenvalue weighted by Gasteiger charge is 2.31. The Morgan fingerprint density at radius 2 is 2.35 bits per heavy atom. The van der Waals surface area contributed by atoms with Gasteiger partial charge in [-0.15, -0.1) is 0 Å². The van der Waals surface area contributed by atoms with E-state index in [1.54, 1.807) is 0 Å². The molecule has 1 fully saturated rings. The average Bonchev–Trinajstić information content (AvgIpc) is 2.67. The number of rotatable bonds is 6. The number of carbonyl (C=O) groups excluding carboxylic acids is 1. The minimum absolute atomic E-state index is 0.264. The van der Waals surface area contributed by atoms with Gasteiger partial charge in [0.1, 0.15) is 0 Å². The zero-order chi connectivity index (χ0) is 12.7. The maximum Gasteiger partial charge on any atom is 0.330 e. The van der Waals surface area contributed by atoms with Crippen molar-refractivity contribution in [1.82, 2.24) is 0 Å². The summed E-state index contributed by atoms with van der Waals surface area (Å²) in [6, 6.07) is 0. The predicted molar refractivity (Wildman–Crippen MR) is 76.4 cm³/mol. The predicted octanol–water partition coefficient (Wildman–Crippen LogP) is 3.26. The van der Waals surface area contributed by atoms with E-state index in [2.05, 4.69) is 34.3 Å². The van der Waals surface area contributed by atoms with E-state index in [0.717, 1.165) is 19.3 Å². The molecule has 1 heterocycles. The van der Waals surface area contributed by atoms with Gasteiger partial charge in [-0.05, 0) is 19.3 Å². The summed E-state index contributed by atoms with van der Waals surface area (Å²) in [4.78, 5) is 10.9. The smallest absolute Gasteiger partial charge is 0.330 e. The Hall–Kier alpha value is -0.100. The fourth-order valence-corrected chi connectivity index (χ4v) is 3.08. The van der Waals surface area contributed by atoms with Gasteiger partial charge in [0.15, 0.2) is 0 Å². The third-order valence-electron chi connectivity index (χ3n) is 2.96. The van der Waals surface area contributed by atoms with Gasteiger partial charge in [0.05, 0.1) is 19.3 Å². The molecule has 0 aliphatic carbocycles. The highest BCUT2D eigenvalue weighted by Crippen LogP contribution is 2.31. The molecule has 0 radical (unpaired) electrons. The molecule has 0 amide bonds. The summed E-state index contributed by atoms with van der Waals surface area (Å²) < 4.78 is 11.1. The van der Waals surface area contributed by atoms with Gasteiger partial charge in [0.2, 0.25) is 0 Å². The van der Waals surface area contributed by atoms with Crippen molar-refractivity contribution in [1.29, 1.82) is 0 Å². The first-order valence-electron chi connectivity index (χ1n) is 6.21. The summed E-state index contributed by atoms with van der Waals surface area (Å²) >= 11 is 2.48. The third-order valence-corrected chi connectivity index (χ3v) is 4.27. The van der Waals surface area contributed by atoms with Gasteiger partial charge in [-0.25, -0.2) is 4.79 Å². The Balaban J connectivity index is 2.28. The highest BCUT2D eigenvalue weighted by atomic mass is 127. The van der Waals surface area contributed by atoms with E-state index in [1.807, 2.05) is 6.08 Å². The standard InChI is InChI=1S/C13H21IO3/c1-3-4-7-12-11(14)9-10(17-12)6-5-8-13(15)16-2/h5,8,10-12H,3-4,6-7,9H2,1-2H3/b8-5+/t10-,11+,12-/m0/s1. The first-order chi connectivity index (χ1) is 8.17. The van der Waals surface area contributed by atoms with Crippen LogP contribution in [0, 0.1) is 0 Å². The molecular formula is C13H21IO3. The van der Waals surface area contributed by atoms with Crippen molar-refractivity contribution in [2.45, 2.75) is 55.2 Å². The Morgan fingerprint density at radius 3 is 3.00 bits per heavy atom. The van der Waals surface area contributed by atoms with E-state index < -0.39 is 0 Å². The fraction of sp³-hybridized carbons (Fsp3) is 0.769. The van der Waals surface area contributed by atoms with Crippen LogP contribution in [0.15, 0.2) is 12.2 Å². The Kier molecular flexibility index (Phi) is 7.11. The van der Waals surface area contributed by atoms with E-state index >= 15 is 0 Å². The number of halogens is 1. The molecule has 0 spiro atoms. The Morgan fingerprint density at radius 1 is 1.59 bits per heavy atom. The second kappa shape index (κ2) is 8.08. The number of alkyl halides is 1. The summed E-state index contributed by atoms with van der Waals surface area (Å²) in [5.74, 6) is -0.295. The molecule has 1 aliphatic heterocycles. The number of ether oxygens (including phenoxy) is 2. The van der Waals surface area contributed by atoms with E-state index in [-0.39, 0.29) is 12.1 Å². The maximum atomic E-state index is 10.9. The van der Waals surface area contributed by atoms with Crippen LogP contribution in [0.4, 0.5) is 0 Å². The summed E-state index contributed by atoms with van der Waals surface area (Å²) in [6.07, 6.45) is 9.48. The van der Waals surface area contributed by atoms with Crippen molar-refractivity contribution in [3.05, 3.63) is 12.2 Å². The molecule has 0 aromatic carbocycles. The summed E-state index contributed by atoms with van der Waals surface area (Å²) in [6.45, 7) is 2.20. The van der Waals surface area contributed by atoms with Crippen LogP contribution in [0.1, 0.15) is 39.0 Å². The van der Waals surface area contributed by atoms with E-state index in [0.29, 0.717) is 10.0 Å². The van der Waals surface area contributed by atoms with E-state index in [4.69, 9.17) is 4.74 Å². The van der Waals surface area contributed by atoms with E-state index in [9.17, 15) is 4.79 Å². The van der Waals surface area contributed by atoms with E-state index in [1.165, 1.54) is 26.0 Å². The number of carbonyl (C=O) groups is 1. The lowest BCUT2D eigenvalue weighted by Crippen LogP contribution is -2.15. The van der Waals surface area contributed by atoms with Gasteiger partial charge in [-0.3, -0.25) is 0 Å². The number of unbranched alkanes of at least 4 members (excludes halogenated alkanes) is 1. The van der Waals surface area contributed by atoms with Crippen LogP contribution in [0.3, 0.4) is 0 Å². The minimum atomic E-state index is -0.295. The zero-order valence-electron chi connectivity index (χ0n) is 10.5. The van der Waals surface area contributed by atoms with Gasteiger partial charge in [0.25, 0.3) is 0 Å². The molecule has 0 N–H and O–H groups in total. The first kappa shape index (κ1) is 15.0. The molecule has 1 aliphatic rings. The lowest BCUT2D eigenvalue weighted by Gasteiger charge is -2.13. The van der Waals surface area contributed by atoms with Crippen LogP contribution in [0.2, 0.25) is 0 Å². The first-order valence-corrected chi connectivity index (χ1v) is 7.46.